The zero-order chi connectivity index (χ0) is 20.4. The van der Waals surface area contributed by atoms with Gasteiger partial charge in [-0.05, 0) is 56.5 Å². The van der Waals surface area contributed by atoms with E-state index in [4.69, 9.17) is 4.74 Å². The van der Waals surface area contributed by atoms with E-state index in [0.717, 1.165) is 32.8 Å². The van der Waals surface area contributed by atoms with Crippen LogP contribution in [0.3, 0.4) is 0 Å². The van der Waals surface area contributed by atoms with Crippen LogP contribution in [0.4, 0.5) is 11.4 Å². The number of methoxy groups -OCH3 is 1. The van der Waals surface area contributed by atoms with Crippen LogP contribution in [0, 0.1) is 27.7 Å². The lowest BCUT2D eigenvalue weighted by Gasteiger charge is -2.26. The molecule has 0 saturated carbocycles. The first-order valence-electron chi connectivity index (χ1n) is 8.53. The maximum absolute atomic E-state index is 12.6. The normalized spacial score (nSPS) is 11.2. The van der Waals surface area contributed by atoms with E-state index in [0.29, 0.717) is 17.1 Å². The van der Waals surface area contributed by atoms with Gasteiger partial charge in [-0.1, -0.05) is 23.8 Å². The number of anilines is 2. The highest BCUT2D eigenvalue weighted by atomic mass is 32.2. The van der Waals surface area contributed by atoms with Crippen molar-refractivity contribution in [2.75, 3.05) is 29.5 Å². The van der Waals surface area contributed by atoms with Crippen LogP contribution in [0.15, 0.2) is 30.3 Å². The molecule has 1 amide bonds. The Kier molecular flexibility index (Phi) is 6.15. The highest BCUT2D eigenvalue weighted by Gasteiger charge is 2.24. The van der Waals surface area contributed by atoms with Gasteiger partial charge >= 0.3 is 0 Å². The van der Waals surface area contributed by atoms with Gasteiger partial charge in [-0.25, -0.2) is 8.42 Å². The molecule has 0 aliphatic carbocycles. The first-order chi connectivity index (χ1) is 12.5. The van der Waals surface area contributed by atoms with Crippen LogP contribution in [-0.4, -0.2) is 34.2 Å². The van der Waals surface area contributed by atoms with Gasteiger partial charge in [-0.2, -0.15) is 0 Å². The Labute approximate surface area is 161 Å². The predicted molar refractivity (Wildman–Crippen MR) is 109 cm³/mol. The average molecular weight is 391 g/mol. The molecule has 0 saturated heterocycles. The van der Waals surface area contributed by atoms with E-state index in [-0.39, 0.29) is 6.54 Å². The molecule has 27 heavy (non-hydrogen) atoms. The van der Waals surface area contributed by atoms with Crippen LogP contribution in [0.1, 0.15) is 22.3 Å². The molecule has 0 spiro atoms. The number of rotatable bonds is 6. The topological polar surface area (TPSA) is 75.7 Å². The van der Waals surface area contributed by atoms with Crippen molar-refractivity contribution in [3.63, 3.8) is 0 Å². The van der Waals surface area contributed by atoms with Crippen molar-refractivity contribution in [2.24, 2.45) is 0 Å². The van der Waals surface area contributed by atoms with Crippen molar-refractivity contribution in [1.82, 2.24) is 0 Å². The zero-order valence-corrected chi connectivity index (χ0v) is 17.4. The number of amides is 1. The van der Waals surface area contributed by atoms with Gasteiger partial charge in [-0.15, -0.1) is 0 Å². The van der Waals surface area contributed by atoms with Gasteiger partial charge in [0.2, 0.25) is 15.9 Å². The van der Waals surface area contributed by atoms with Gasteiger partial charge in [0, 0.05) is 0 Å². The number of carbonyl (C=O) groups is 1. The van der Waals surface area contributed by atoms with E-state index in [9.17, 15) is 13.2 Å². The van der Waals surface area contributed by atoms with E-state index < -0.39 is 15.9 Å². The average Bonchev–Trinajstić information content (AvgIpc) is 2.52. The molecule has 0 fully saturated rings. The molecule has 6 nitrogen and oxygen atoms in total. The molecule has 2 aromatic rings. The van der Waals surface area contributed by atoms with Crippen LogP contribution in [0.5, 0.6) is 5.75 Å². The number of hydrogen-bond acceptors (Lipinski definition) is 4. The third-order valence-electron chi connectivity index (χ3n) is 4.20. The van der Waals surface area contributed by atoms with Crippen molar-refractivity contribution >= 4 is 27.3 Å². The summed E-state index contributed by atoms with van der Waals surface area (Å²) in [7, 11) is -2.13. The molecule has 0 radical (unpaired) electrons. The van der Waals surface area contributed by atoms with Crippen LogP contribution < -0.4 is 14.4 Å². The molecule has 2 aromatic carbocycles. The highest BCUT2D eigenvalue weighted by Crippen LogP contribution is 2.29. The predicted octanol–water partition coefficient (Wildman–Crippen LogP) is 3.33. The summed E-state index contributed by atoms with van der Waals surface area (Å²) >= 11 is 0. The van der Waals surface area contributed by atoms with Crippen molar-refractivity contribution in [1.29, 1.82) is 0 Å². The van der Waals surface area contributed by atoms with Crippen molar-refractivity contribution in [3.05, 3.63) is 52.6 Å². The Bertz CT molecular complexity index is 945. The zero-order valence-electron chi connectivity index (χ0n) is 16.6. The van der Waals surface area contributed by atoms with Gasteiger partial charge in [0.05, 0.1) is 24.7 Å². The highest BCUT2D eigenvalue weighted by molar-refractivity contribution is 7.92. The summed E-state index contributed by atoms with van der Waals surface area (Å²) < 4.78 is 31.2. The quantitative estimate of drug-likeness (QED) is 0.821. The van der Waals surface area contributed by atoms with Gasteiger partial charge in [0.15, 0.2) is 0 Å². The Balaban J connectivity index is 2.36. The van der Waals surface area contributed by atoms with Crippen LogP contribution in [0.25, 0.3) is 0 Å². The van der Waals surface area contributed by atoms with Gasteiger partial charge in [0.25, 0.3) is 0 Å². The standard InChI is InChI=1S/C20H26N2O4S/c1-13-7-8-18(26-5)17(11-13)21-19(23)12-22(27(6,24)25)20-15(3)9-14(2)10-16(20)4/h7-11H,12H2,1-6H3,(H,21,23). The molecular formula is C20H26N2O4S. The van der Waals surface area contributed by atoms with E-state index in [1.54, 1.807) is 12.1 Å². The summed E-state index contributed by atoms with van der Waals surface area (Å²) in [4.78, 5) is 12.6. The second-order valence-electron chi connectivity index (χ2n) is 6.77. The first kappa shape index (κ1) is 20.8. The number of carbonyl (C=O) groups excluding carboxylic acids is 1. The largest absolute Gasteiger partial charge is 0.495 e. The summed E-state index contributed by atoms with van der Waals surface area (Å²) in [6, 6.07) is 9.22. The third-order valence-corrected chi connectivity index (χ3v) is 5.31. The maximum Gasteiger partial charge on any atom is 0.245 e. The lowest BCUT2D eigenvalue weighted by molar-refractivity contribution is -0.114. The van der Waals surface area contributed by atoms with Crippen LogP contribution >= 0.6 is 0 Å². The minimum absolute atomic E-state index is 0.319. The molecule has 0 heterocycles. The summed E-state index contributed by atoms with van der Waals surface area (Å²) in [6.45, 7) is 7.22. The summed E-state index contributed by atoms with van der Waals surface area (Å²) in [6.07, 6.45) is 1.10. The molecule has 1 N–H and O–H groups in total. The minimum atomic E-state index is -3.65. The van der Waals surface area contributed by atoms with Gasteiger partial charge in [-0.3, -0.25) is 9.10 Å². The van der Waals surface area contributed by atoms with E-state index in [2.05, 4.69) is 5.32 Å². The number of nitrogens with zero attached hydrogens (tertiary/aromatic N) is 1. The van der Waals surface area contributed by atoms with Crippen molar-refractivity contribution in [3.8, 4) is 5.75 Å². The lowest BCUT2D eigenvalue weighted by atomic mass is 10.1. The number of nitrogens with one attached hydrogen (secondary N) is 1. The molecular weight excluding hydrogens is 364 g/mol. The molecule has 0 atom stereocenters. The molecule has 0 aliphatic rings. The van der Waals surface area contributed by atoms with Crippen LogP contribution in [0.2, 0.25) is 0 Å². The Morgan fingerprint density at radius 3 is 2.15 bits per heavy atom. The van der Waals surface area contributed by atoms with Crippen LogP contribution in [-0.2, 0) is 14.8 Å². The molecule has 0 aliphatic heterocycles. The van der Waals surface area contributed by atoms with E-state index >= 15 is 0 Å². The molecule has 0 aromatic heterocycles. The molecule has 0 bridgehead atoms. The van der Waals surface area contributed by atoms with E-state index in [1.807, 2.05) is 45.9 Å². The fourth-order valence-electron chi connectivity index (χ4n) is 3.17. The Hall–Kier alpha value is -2.54. The monoisotopic (exact) mass is 390 g/mol. The van der Waals surface area contributed by atoms with E-state index in [1.165, 1.54) is 7.11 Å². The van der Waals surface area contributed by atoms with Crippen molar-refractivity contribution in [2.45, 2.75) is 27.7 Å². The summed E-state index contributed by atoms with van der Waals surface area (Å²) in [5, 5.41) is 2.75. The minimum Gasteiger partial charge on any atom is -0.495 e. The number of aryl methyl sites for hydroxylation is 4. The number of sulfonamides is 1. The molecule has 0 unspecified atom stereocenters. The second kappa shape index (κ2) is 8.00. The first-order valence-corrected chi connectivity index (χ1v) is 10.4. The maximum atomic E-state index is 12.6. The fraction of sp³-hybridized carbons (Fsp3) is 0.350. The summed E-state index contributed by atoms with van der Waals surface area (Å²) in [5.41, 5.74) is 4.65. The van der Waals surface area contributed by atoms with Crippen molar-refractivity contribution < 1.29 is 17.9 Å². The number of hydrogen-bond donors (Lipinski definition) is 1. The molecule has 2 rings (SSSR count). The number of benzene rings is 2. The lowest BCUT2D eigenvalue weighted by Crippen LogP contribution is -2.38. The fourth-order valence-corrected chi connectivity index (χ4v) is 4.14. The SMILES string of the molecule is COc1ccc(C)cc1NC(=O)CN(c1c(C)cc(C)cc1C)S(C)(=O)=O. The van der Waals surface area contributed by atoms with Gasteiger partial charge in [0.1, 0.15) is 12.3 Å². The Morgan fingerprint density at radius 1 is 1.04 bits per heavy atom. The second-order valence-corrected chi connectivity index (χ2v) is 8.68. The number of ether oxygens (including phenoxy) is 1. The molecule has 146 valence electrons. The van der Waals surface area contributed by atoms with Gasteiger partial charge < -0.3 is 10.1 Å². The Morgan fingerprint density at radius 2 is 1.63 bits per heavy atom. The summed E-state index contributed by atoms with van der Waals surface area (Å²) in [5.74, 6) is 0.0752. The molecule has 7 heteroatoms. The smallest absolute Gasteiger partial charge is 0.245 e. The third kappa shape index (κ3) is 5.01.